The Balaban J connectivity index is 1.82. The lowest BCUT2D eigenvalue weighted by Gasteiger charge is -2.07. The summed E-state index contributed by atoms with van der Waals surface area (Å²) in [6.45, 7) is 0. The Morgan fingerprint density at radius 3 is 2.38 bits per heavy atom. The van der Waals surface area contributed by atoms with Gasteiger partial charge in [-0.05, 0) is 0 Å². The van der Waals surface area contributed by atoms with Crippen molar-refractivity contribution in [2.45, 2.75) is 0 Å². The second-order valence-electron chi connectivity index (χ2n) is 6.09. The fourth-order valence-electron chi connectivity index (χ4n) is 2.76. The van der Waals surface area contributed by atoms with Crippen LogP contribution in [0.25, 0.3) is 10.7 Å². The van der Waals surface area contributed by atoms with E-state index in [0.717, 1.165) is 0 Å². The van der Waals surface area contributed by atoms with Crippen molar-refractivity contribution in [2.24, 2.45) is 4.99 Å². The molecule has 2 heterocycles. The Bertz CT molecular complexity index is 1290. The van der Waals surface area contributed by atoms with E-state index in [1.807, 2.05) is 6.07 Å². The van der Waals surface area contributed by atoms with Gasteiger partial charge in [0.2, 0.25) is 0 Å². The Labute approximate surface area is 169 Å². The van der Waals surface area contributed by atoms with Crippen molar-refractivity contribution in [3.63, 3.8) is 0 Å². The van der Waals surface area contributed by atoms with Crippen molar-refractivity contribution >= 4 is 39.7 Å². The summed E-state index contributed by atoms with van der Waals surface area (Å²) < 4.78 is 1.39. The number of benzene rings is 2. The van der Waals surface area contributed by atoms with Gasteiger partial charge in [0.05, 0.1) is 11.8 Å². The van der Waals surface area contributed by atoms with Crippen LogP contribution in [0.5, 0.6) is 0 Å². The van der Waals surface area contributed by atoms with E-state index in [0.29, 0.717) is 16.1 Å². The zero-order valence-corrected chi connectivity index (χ0v) is 15.9. The average molecular weight is 401 g/mol. The number of Topliss-reactive ketones (excluding diaryl/α,β-unsaturated/α-hetero) is 1. The first-order chi connectivity index (χ1) is 14.1. The summed E-state index contributed by atoms with van der Waals surface area (Å²) >= 11 is 1.34. The third-order valence-electron chi connectivity index (χ3n) is 4.24. The van der Waals surface area contributed by atoms with Crippen LogP contribution in [0.2, 0.25) is 0 Å². The molecule has 0 fully saturated rings. The number of aliphatic imine (C=N–C) groups is 1. The van der Waals surface area contributed by atoms with Crippen molar-refractivity contribution in [3.05, 3.63) is 105 Å². The second-order valence-corrected chi connectivity index (χ2v) is 6.96. The van der Waals surface area contributed by atoms with Crippen LogP contribution >= 0.6 is 11.3 Å². The molecule has 0 unspecified atom stereocenters. The highest BCUT2D eigenvalue weighted by atomic mass is 32.1. The number of carbonyl (C=O) groups is 1. The van der Waals surface area contributed by atoms with Gasteiger partial charge in [-0.3, -0.25) is 14.0 Å². The zero-order valence-electron chi connectivity index (χ0n) is 15.1. The molecule has 4 rings (SSSR count). The maximum absolute atomic E-state index is 13.0. The summed E-state index contributed by atoms with van der Waals surface area (Å²) in [6, 6.07) is 17.3. The topological polar surface area (TPSA) is 84.0 Å². The first-order valence-corrected chi connectivity index (χ1v) is 9.60. The normalized spacial score (nSPS) is 12.3. The van der Waals surface area contributed by atoms with Crippen molar-refractivity contribution in [1.29, 1.82) is 0 Å². The number of thiazole rings is 1. The monoisotopic (exact) mass is 401 g/mol. The van der Waals surface area contributed by atoms with Gasteiger partial charge in [-0.15, -0.1) is 11.3 Å². The van der Waals surface area contributed by atoms with Gasteiger partial charge in [-0.25, -0.2) is 9.98 Å². The minimum Gasteiger partial charge on any atom is -0.506 e. The highest BCUT2D eigenvalue weighted by Gasteiger charge is 2.17. The predicted octanol–water partition coefficient (Wildman–Crippen LogP) is 4.31. The molecule has 1 N–H and O–H groups in total. The van der Waals surface area contributed by atoms with Crippen LogP contribution in [-0.2, 0) is 0 Å². The van der Waals surface area contributed by atoms with E-state index < -0.39 is 5.78 Å². The molecule has 2 aromatic heterocycles. The van der Waals surface area contributed by atoms with E-state index >= 15 is 0 Å². The smallest absolute Gasteiger partial charge is 0.284 e. The van der Waals surface area contributed by atoms with Gasteiger partial charge < -0.3 is 5.11 Å². The maximum atomic E-state index is 13.0. The maximum Gasteiger partial charge on any atom is 0.284 e. The van der Waals surface area contributed by atoms with E-state index in [-0.39, 0.29) is 22.6 Å². The molecule has 4 aromatic rings. The van der Waals surface area contributed by atoms with Crippen LogP contribution in [0.15, 0.2) is 93.8 Å². The van der Waals surface area contributed by atoms with Gasteiger partial charge in [0.25, 0.3) is 5.56 Å². The average Bonchev–Trinajstić information content (AvgIpc) is 3.26. The Kier molecular flexibility index (Phi) is 5.13. The molecular weight excluding hydrogens is 386 g/mol. The molecule has 29 heavy (non-hydrogen) atoms. The third kappa shape index (κ3) is 3.76. The van der Waals surface area contributed by atoms with Crippen molar-refractivity contribution in [3.8, 4) is 0 Å². The highest BCUT2D eigenvalue weighted by molar-refractivity contribution is 7.15. The van der Waals surface area contributed by atoms with Crippen LogP contribution in [0.1, 0.15) is 15.9 Å². The van der Waals surface area contributed by atoms with Crippen LogP contribution in [-0.4, -0.2) is 26.5 Å². The highest BCUT2D eigenvalue weighted by Crippen LogP contribution is 2.19. The lowest BCUT2D eigenvalue weighted by Crippen LogP contribution is -2.12. The predicted molar refractivity (Wildman–Crippen MR) is 114 cm³/mol. The van der Waals surface area contributed by atoms with Gasteiger partial charge in [-0.1, -0.05) is 60.7 Å². The van der Waals surface area contributed by atoms with Gasteiger partial charge >= 0.3 is 0 Å². The van der Waals surface area contributed by atoms with Crippen LogP contribution in [0, 0.1) is 0 Å². The molecule has 0 bridgehead atoms. The fourth-order valence-corrected chi connectivity index (χ4v) is 3.44. The summed E-state index contributed by atoms with van der Waals surface area (Å²) in [7, 11) is 0. The molecule has 0 saturated heterocycles. The number of allylic oxidation sites excluding steroid dienone is 1. The zero-order chi connectivity index (χ0) is 20.2. The quantitative estimate of drug-likeness (QED) is 0.234. The molecule has 7 heteroatoms. The molecule has 6 nitrogen and oxygen atoms in total. The molecule has 0 saturated carbocycles. The Morgan fingerprint density at radius 1 is 1.03 bits per heavy atom. The number of hydrogen-bond acceptors (Lipinski definition) is 6. The molecule has 0 aliphatic rings. The summed E-state index contributed by atoms with van der Waals surface area (Å²) in [5, 5.41) is 12.5. The van der Waals surface area contributed by atoms with E-state index in [4.69, 9.17) is 0 Å². The Hall–Kier alpha value is -3.84. The second kappa shape index (κ2) is 8.04. The molecule has 2 aromatic carbocycles. The van der Waals surface area contributed by atoms with E-state index in [1.165, 1.54) is 28.1 Å². The fraction of sp³-hybridized carbons (Fsp3) is 0. The number of rotatable bonds is 5. The van der Waals surface area contributed by atoms with E-state index in [9.17, 15) is 14.7 Å². The number of carbonyl (C=O) groups excluding carboxylic acids is 1. The molecule has 0 spiro atoms. The van der Waals surface area contributed by atoms with Gasteiger partial charge in [0, 0.05) is 28.9 Å². The molecule has 0 radical (unpaired) electrons. The van der Waals surface area contributed by atoms with Gasteiger partial charge in [0.1, 0.15) is 11.4 Å². The number of aromatic nitrogens is 2. The van der Waals surface area contributed by atoms with Gasteiger partial charge in [-0.2, -0.15) is 0 Å². The minimum atomic E-state index is -0.402. The largest absolute Gasteiger partial charge is 0.506 e. The minimum absolute atomic E-state index is 0.0165. The van der Waals surface area contributed by atoms with Crippen molar-refractivity contribution < 1.29 is 9.90 Å². The van der Waals surface area contributed by atoms with Crippen LogP contribution in [0.4, 0.5) is 5.69 Å². The molecule has 0 amide bonds. The van der Waals surface area contributed by atoms with Gasteiger partial charge in [0.15, 0.2) is 10.7 Å². The standard InChI is InChI=1S/C22H15N3O3S/c26-19(15-7-3-1-4-8-15)17(20(27)16-9-5-2-6-10-16)13-23-18-14-24-22-25(21(18)28)11-12-29-22/h1-14,26H/b19-17+,23-13?. The molecule has 0 aliphatic heterocycles. The van der Waals surface area contributed by atoms with Crippen LogP contribution in [0.3, 0.4) is 0 Å². The SMILES string of the molecule is O=C(/C(C=Nc1cnc2sccn2c1=O)=C(/O)c1ccccc1)c1ccccc1. The molecule has 0 aliphatic carbocycles. The van der Waals surface area contributed by atoms with Crippen molar-refractivity contribution in [2.75, 3.05) is 0 Å². The number of aliphatic hydroxyl groups is 1. The Morgan fingerprint density at radius 2 is 1.69 bits per heavy atom. The summed E-state index contributed by atoms with van der Waals surface area (Å²) in [5.41, 5.74) is 0.580. The number of ketones is 1. The number of nitrogens with zero attached hydrogens (tertiary/aromatic N) is 3. The summed E-state index contributed by atoms with van der Waals surface area (Å²) in [4.78, 5) is 34.5. The summed E-state index contributed by atoms with van der Waals surface area (Å²) in [6.07, 6.45) is 4.19. The molecular formula is C22H15N3O3S. The van der Waals surface area contributed by atoms with Crippen molar-refractivity contribution in [1.82, 2.24) is 9.38 Å². The summed E-state index contributed by atoms with van der Waals surface area (Å²) in [5.74, 6) is -0.617. The number of hydrogen-bond donors (Lipinski definition) is 1. The molecule has 142 valence electrons. The number of fused-ring (bicyclic) bond motifs is 1. The lowest BCUT2D eigenvalue weighted by atomic mass is 10.0. The van der Waals surface area contributed by atoms with E-state index in [1.54, 1.807) is 66.2 Å². The van der Waals surface area contributed by atoms with Crippen LogP contribution < -0.4 is 5.56 Å². The molecule has 0 atom stereocenters. The third-order valence-corrected chi connectivity index (χ3v) is 5.01. The first kappa shape index (κ1) is 18.5. The first-order valence-electron chi connectivity index (χ1n) is 8.72. The lowest BCUT2D eigenvalue weighted by molar-refractivity contribution is 0.104. The number of aliphatic hydroxyl groups excluding tert-OH is 1. The van der Waals surface area contributed by atoms with E-state index in [2.05, 4.69) is 9.98 Å².